The van der Waals surface area contributed by atoms with Crippen molar-refractivity contribution in [2.45, 2.75) is 217 Å². The third-order valence-corrected chi connectivity index (χ3v) is 11.4. The summed E-state index contributed by atoms with van der Waals surface area (Å²) >= 11 is 0. The van der Waals surface area contributed by atoms with Crippen LogP contribution in [0.3, 0.4) is 0 Å². The monoisotopic (exact) mass is 566 g/mol. The Bertz CT molecular complexity index is 637. The van der Waals surface area contributed by atoms with Gasteiger partial charge in [0.15, 0.2) is 5.81 Å². The number of hydrogen-bond donors (Lipinski definition) is 1. The summed E-state index contributed by atoms with van der Waals surface area (Å²) in [4.78, 5) is 13.0. The SMILES string of the molecule is CCC(CCC(CC)C1CCCCC([B]C2CCCCCCCCC2)CCC1)NC(=O)[B]C1CCCCCCCC1. The molecule has 0 spiro atoms. The van der Waals surface area contributed by atoms with Crippen LogP contribution in [0.4, 0.5) is 4.79 Å². The Hall–Kier alpha value is -0.400. The first-order valence-electron chi connectivity index (χ1n) is 19.2. The minimum absolute atomic E-state index is 0.217. The van der Waals surface area contributed by atoms with Gasteiger partial charge in [-0.05, 0) is 31.1 Å². The summed E-state index contributed by atoms with van der Waals surface area (Å²) in [5.41, 5.74) is 0. The number of amides is 1. The first-order chi connectivity index (χ1) is 20.2. The van der Waals surface area contributed by atoms with Crippen molar-refractivity contribution in [2.24, 2.45) is 11.8 Å². The summed E-state index contributed by atoms with van der Waals surface area (Å²) in [6, 6.07) is 0.344. The van der Waals surface area contributed by atoms with Gasteiger partial charge in [0, 0.05) is 6.04 Å². The zero-order valence-corrected chi connectivity index (χ0v) is 27.8. The Morgan fingerprint density at radius 1 is 0.561 bits per heavy atom. The normalized spacial score (nSPS) is 27.0. The molecule has 1 amide bonds. The number of hydrogen-bond acceptors (Lipinski definition) is 1. The maximum atomic E-state index is 13.0. The Kier molecular flexibility index (Phi) is 19.0. The molecular weight excluding hydrogens is 496 g/mol. The van der Waals surface area contributed by atoms with E-state index in [1.54, 1.807) is 0 Å². The molecule has 0 bridgehead atoms. The molecule has 1 N–H and O–H groups in total. The molecule has 0 aromatic heterocycles. The van der Waals surface area contributed by atoms with Crippen LogP contribution in [0.15, 0.2) is 0 Å². The van der Waals surface area contributed by atoms with Crippen LogP contribution in [0.5, 0.6) is 0 Å². The van der Waals surface area contributed by atoms with Crippen LogP contribution in [0.25, 0.3) is 0 Å². The van der Waals surface area contributed by atoms with E-state index in [-0.39, 0.29) is 5.81 Å². The van der Waals surface area contributed by atoms with Crippen LogP contribution in [-0.2, 0) is 0 Å². The van der Waals surface area contributed by atoms with E-state index >= 15 is 0 Å². The third kappa shape index (κ3) is 15.2. The molecule has 0 aliphatic heterocycles. The van der Waals surface area contributed by atoms with E-state index in [2.05, 4.69) is 33.7 Å². The topological polar surface area (TPSA) is 29.1 Å². The molecule has 3 fully saturated rings. The zero-order chi connectivity index (χ0) is 29.0. The summed E-state index contributed by atoms with van der Waals surface area (Å²) in [6.45, 7) is 4.69. The average Bonchev–Trinajstić information content (AvgIpc) is 3.18. The number of nitrogens with one attached hydrogen (secondary N) is 1. The minimum atomic E-state index is 0.217. The van der Waals surface area contributed by atoms with Gasteiger partial charge in [0.25, 0.3) is 0 Å². The number of rotatable bonds is 11. The van der Waals surface area contributed by atoms with Gasteiger partial charge < -0.3 is 5.32 Å². The second-order valence-corrected chi connectivity index (χ2v) is 14.7. The molecule has 3 rings (SSSR count). The standard InChI is InChI=1S/C37H69B2NO/c1-3-31(29-30-36(4-2)40-37(41)39-35-25-16-12-8-9-13-17-26-35)32-21-18-19-27-34(28-20-22-32)38-33-23-14-10-6-5-7-11-15-24-33/h31-36H,3-30H2,1-2H3,(H,40,41). The fourth-order valence-corrected chi connectivity index (χ4v) is 8.69. The lowest BCUT2D eigenvalue weighted by Gasteiger charge is -2.28. The van der Waals surface area contributed by atoms with Gasteiger partial charge in [0.05, 0.1) is 0 Å². The van der Waals surface area contributed by atoms with E-state index in [1.807, 2.05) is 0 Å². The molecule has 3 saturated carbocycles. The first kappa shape index (κ1) is 35.1. The van der Waals surface area contributed by atoms with Gasteiger partial charge in [-0.25, -0.2) is 0 Å². The lowest BCUT2D eigenvalue weighted by molar-refractivity contribution is 0.239. The van der Waals surface area contributed by atoms with Crippen molar-refractivity contribution < 1.29 is 4.79 Å². The van der Waals surface area contributed by atoms with Crippen molar-refractivity contribution in [3.05, 3.63) is 0 Å². The Labute approximate surface area is 259 Å². The Balaban J connectivity index is 1.40. The second kappa shape index (κ2) is 22.2. The van der Waals surface area contributed by atoms with Gasteiger partial charge in [-0.3, -0.25) is 4.79 Å². The van der Waals surface area contributed by atoms with Gasteiger partial charge in [0.2, 0.25) is 7.28 Å². The quantitative estimate of drug-likeness (QED) is 0.248. The molecule has 4 atom stereocenters. The highest BCUT2D eigenvalue weighted by Crippen LogP contribution is 2.38. The van der Waals surface area contributed by atoms with E-state index in [0.29, 0.717) is 11.9 Å². The van der Waals surface area contributed by atoms with Crippen molar-refractivity contribution >= 4 is 20.4 Å². The lowest BCUT2D eigenvalue weighted by Crippen LogP contribution is -2.38. The second-order valence-electron chi connectivity index (χ2n) is 14.7. The fraction of sp³-hybridized carbons (Fsp3) is 0.973. The summed E-state index contributed by atoms with van der Waals surface area (Å²) in [6.07, 6.45) is 38.6. The van der Waals surface area contributed by atoms with E-state index in [4.69, 9.17) is 0 Å². The maximum absolute atomic E-state index is 13.0. The zero-order valence-electron chi connectivity index (χ0n) is 27.8. The molecule has 3 aliphatic carbocycles. The van der Waals surface area contributed by atoms with Crippen LogP contribution in [0.1, 0.15) is 194 Å². The van der Waals surface area contributed by atoms with Crippen molar-refractivity contribution in [1.82, 2.24) is 5.32 Å². The van der Waals surface area contributed by atoms with Gasteiger partial charge in [-0.15, -0.1) is 0 Å². The molecule has 2 radical (unpaired) electrons. The molecule has 2 nitrogen and oxygen atoms in total. The molecular formula is C37H69B2NO. The van der Waals surface area contributed by atoms with Crippen molar-refractivity contribution in [3.63, 3.8) is 0 Å². The average molecular weight is 566 g/mol. The van der Waals surface area contributed by atoms with E-state index in [1.165, 1.54) is 167 Å². The van der Waals surface area contributed by atoms with Crippen LogP contribution in [0.2, 0.25) is 17.5 Å². The predicted octanol–water partition coefficient (Wildman–Crippen LogP) is 12.1. The van der Waals surface area contributed by atoms with Gasteiger partial charge in [-0.2, -0.15) is 0 Å². The molecule has 41 heavy (non-hydrogen) atoms. The highest BCUT2D eigenvalue weighted by Gasteiger charge is 2.25. The molecule has 0 aromatic carbocycles. The molecule has 4 unspecified atom stereocenters. The highest BCUT2D eigenvalue weighted by atomic mass is 16.1. The smallest absolute Gasteiger partial charge is 0.236 e. The Morgan fingerprint density at radius 3 is 1.54 bits per heavy atom. The molecule has 0 heterocycles. The van der Waals surface area contributed by atoms with Crippen molar-refractivity contribution in [2.75, 3.05) is 0 Å². The molecule has 0 aromatic rings. The molecule has 0 saturated heterocycles. The number of carbonyl (C=O) groups is 1. The molecule has 234 valence electrons. The van der Waals surface area contributed by atoms with E-state index in [9.17, 15) is 4.79 Å². The molecule has 4 heteroatoms. The summed E-state index contributed by atoms with van der Waals surface area (Å²) in [5.74, 6) is 4.21. The lowest BCUT2D eigenvalue weighted by atomic mass is 9.50. The minimum Gasteiger partial charge on any atom is -0.363 e. The third-order valence-electron chi connectivity index (χ3n) is 11.4. The van der Waals surface area contributed by atoms with Crippen LogP contribution in [0, 0.1) is 11.8 Å². The van der Waals surface area contributed by atoms with E-state index in [0.717, 1.165) is 36.3 Å². The Morgan fingerprint density at radius 2 is 1.00 bits per heavy atom. The molecule has 3 aliphatic rings. The predicted molar refractivity (Wildman–Crippen MR) is 183 cm³/mol. The van der Waals surface area contributed by atoms with Crippen LogP contribution >= 0.6 is 0 Å². The summed E-state index contributed by atoms with van der Waals surface area (Å²) in [7, 11) is 4.93. The van der Waals surface area contributed by atoms with Gasteiger partial charge in [-0.1, -0.05) is 192 Å². The van der Waals surface area contributed by atoms with Crippen LogP contribution in [-0.4, -0.2) is 26.4 Å². The largest absolute Gasteiger partial charge is 0.363 e. The summed E-state index contributed by atoms with van der Waals surface area (Å²) in [5, 5.41) is 3.44. The number of carbonyl (C=O) groups excluding carboxylic acids is 1. The summed E-state index contributed by atoms with van der Waals surface area (Å²) < 4.78 is 0. The van der Waals surface area contributed by atoms with Crippen LogP contribution < -0.4 is 5.32 Å². The van der Waals surface area contributed by atoms with Crippen molar-refractivity contribution in [1.29, 1.82) is 0 Å². The van der Waals surface area contributed by atoms with Crippen molar-refractivity contribution in [3.8, 4) is 0 Å². The fourth-order valence-electron chi connectivity index (χ4n) is 8.69. The van der Waals surface area contributed by atoms with Gasteiger partial charge >= 0.3 is 0 Å². The first-order valence-corrected chi connectivity index (χ1v) is 19.2. The maximum Gasteiger partial charge on any atom is 0.236 e. The van der Waals surface area contributed by atoms with Gasteiger partial charge in [0.1, 0.15) is 7.28 Å². The van der Waals surface area contributed by atoms with E-state index < -0.39 is 0 Å². The highest BCUT2D eigenvalue weighted by molar-refractivity contribution is 6.74.